The van der Waals surface area contributed by atoms with Crippen LogP contribution in [0.5, 0.6) is 5.75 Å². The molecule has 0 aliphatic carbocycles. The molecule has 0 radical (unpaired) electrons. The maximum atomic E-state index is 13.0. The average molecular weight is 458 g/mol. The summed E-state index contributed by atoms with van der Waals surface area (Å²) in [4.78, 5) is 21.4. The highest BCUT2D eigenvalue weighted by atomic mass is 16.5. The van der Waals surface area contributed by atoms with Gasteiger partial charge < -0.3 is 20.4 Å². The Labute approximate surface area is 198 Å². The molecule has 9 nitrogen and oxygen atoms in total. The Morgan fingerprint density at radius 1 is 1.12 bits per heavy atom. The summed E-state index contributed by atoms with van der Waals surface area (Å²) in [6.45, 7) is 2.88. The number of nitrogens with zero attached hydrogens (tertiary/aromatic N) is 5. The van der Waals surface area contributed by atoms with Crippen LogP contribution in [0.1, 0.15) is 18.4 Å². The minimum Gasteiger partial charge on any atom is -0.497 e. The number of hydrogen-bond acceptors (Lipinski definition) is 7. The van der Waals surface area contributed by atoms with Crippen molar-refractivity contribution < 1.29 is 9.53 Å². The Hall–Kier alpha value is -4.14. The van der Waals surface area contributed by atoms with Crippen LogP contribution in [-0.4, -0.2) is 53.1 Å². The van der Waals surface area contributed by atoms with Gasteiger partial charge >= 0.3 is 0 Å². The van der Waals surface area contributed by atoms with Crippen molar-refractivity contribution in [2.24, 2.45) is 0 Å². The molecule has 5 rings (SSSR count). The summed E-state index contributed by atoms with van der Waals surface area (Å²) in [6.07, 6.45) is 9.25. The van der Waals surface area contributed by atoms with Crippen LogP contribution in [0.25, 0.3) is 0 Å². The van der Waals surface area contributed by atoms with E-state index in [4.69, 9.17) is 10.1 Å². The third kappa shape index (κ3) is 4.50. The van der Waals surface area contributed by atoms with E-state index >= 15 is 0 Å². The number of anilines is 3. The normalized spacial score (nSPS) is 17.1. The number of nitrogens with one attached hydrogen (secondary N) is 2. The Morgan fingerprint density at radius 2 is 1.91 bits per heavy atom. The molecule has 0 spiro atoms. The van der Waals surface area contributed by atoms with Crippen molar-refractivity contribution in [3.05, 3.63) is 72.3 Å². The second kappa shape index (κ2) is 9.38. The number of hydrogen-bond donors (Lipinski definition) is 2. The van der Waals surface area contributed by atoms with Gasteiger partial charge in [0.25, 0.3) is 5.91 Å². The minimum atomic E-state index is -0.219. The van der Waals surface area contributed by atoms with Gasteiger partial charge in [0.05, 0.1) is 55.3 Å². The van der Waals surface area contributed by atoms with Gasteiger partial charge in [-0.2, -0.15) is 5.10 Å². The largest absolute Gasteiger partial charge is 0.497 e. The lowest BCUT2D eigenvalue weighted by Gasteiger charge is -2.16. The maximum absolute atomic E-state index is 13.0. The van der Waals surface area contributed by atoms with Crippen LogP contribution in [0, 0.1) is 5.41 Å². The molecule has 0 saturated carbocycles. The number of carbonyl (C=O) groups excluding carboxylic acids is 1. The van der Waals surface area contributed by atoms with Crippen molar-refractivity contribution in [2.75, 3.05) is 41.9 Å². The maximum Gasteiger partial charge on any atom is 0.262 e. The lowest BCUT2D eigenvalue weighted by Crippen LogP contribution is -2.24. The predicted octanol–water partition coefficient (Wildman–Crippen LogP) is 3.30. The van der Waals surface area contributed by atoms with Crippen molar-refractivity contribution in [2.45, 2.75) is 19.4 Å². The number of methoxy groups -OCH3 is 1. The van der Waals surface area contributed by atoms with E-state index in [1.807, 2.05) is 42.6 Å². The van der Waals surface area contributed by atoms with Gasteiger partial charge in [0, 0.05) is 25.5 Å². The molecule has 2 saturated heterocycles. The molecule has 0 atom stereocenters. The average Bonchev–Trinajstić information content (AvgIpc) is 3.61. The van der Waals surface area contributed by atoms with Gasteiger partial charge in [0.2, 0.25) is 0 Å². The summed E-state index contributed by atoms with van der Waals surface area (Å²) < 4.78 is 6.97. The van der Waals surface area contributed by atoms with Gasteiger partial charge in [-0.25, -0.2) is 4.98 Å². The number of amides is 1. The van der Waals surface area contributed by atoms with Crippen LogP contribution in [0.3, 0.4) is 0 Å². The van der Waals surface area contributed by atoms with Gasteiger partial charge in [-0.3, -0.25) is 14.4 Å². The molecular formula is C25H27N7O2. The van der Waals surface area contributed by atoms with Crippen molar-refractivity contribution in [1.29, 1.82) is 5.41 Å². The summed E-state index contributed by atoms with van der Waals surface area (Å²) in [5, 5.41) is 15.8. The zero-order valence-corrected chi connectivity index (χ0v) is 19.1. The molecule has 0 unspecified atom stereocenters. The molecule has 2 N–H and O–H groups in total. The number of ether oxygens (including phenoxy) is 1. The fraction of sp³-hybridized carbons (Fsp3) is 0.280. The summed E-state index contributed by atoms with van der Waals surface area (Å²) in [6, 6.07) is 11.7. The van der Waals surface area contributed by atoms with E-state index in [1.165, 1.54) is 12.8 Å². The van der Waals surface area contributed by atoms with Gasteiger partial charge in [0.1, 0.15) is 11.6 Å². The Balaban J connectivity index is 1.23. The van der Waals surface area contributed by atoms with Crippen LogP contribution < -0.4 is 19.9 Å². The Bertz CT molecular complexity index is 1210. The van der Waals surface area contributed by atoms with Crippen molar-refractivity contribution >= 4 is 28.8 Å². The van der Waals surface area contributed by atoms with Crippen LogP contribution in [0.4, 0.5) is 17.2 Å². The Morgan fingerprint density at radius 3 is 2.62 bits per heavy atom. The number of rotatable bonds is 7. The molecule has 2 fully saturated rings. The first-order valence-corrected chi connectivity index (χ1v) is 11.3. The van der Waals surface area contributed by atoms with Crippen LogP contribution in [0.15, 0.2) is 66.8 Å². The number of benzene rings is 1. The lowest BCUT2D eigenvalue weighted by molar-refractivity contribution is -0.114. The first-order chi connectivity index (χ1) is 16.6. The van der Waals surface area contributed by atoms with Crippen LogP contribution >= 0.6 is 0 Å². The third-order valence-electron chi connectivity index (χ3n) is 6.11. The smallest absolute Gasteiger partial charge is 0.262 e. The quantitative estimate of drug-likeness (QED) is 0.528. The van der Waals surface area contributed by atoms with Crippen LogP contribution in [0.2, 0.25) is 0 Å². The van der Waals surface area contributed by atoms with E-state index in [9.17, 15) is 4.79 Å². The summed E-state index contributed by atoms with van der Waals surface area (Å²) in [5.74, 6) is 1.55. The minimum absolute atomic E-state index is 0.215. The molecule has 2 aliphatic rings. The van der Waals surface area contributed by atoms with E-state index < -0.39 is 0 Å². The van der Waals surface area contributed by atoms with E-state index in [0.29, 0.717) is 17.8 Å². The van der Waals surface area contributed by atoms with E-state index in [2.05, 4.69) is 20.3 Å². The van der Waals surface area contributed by atoms with Crippen molar-refractivity contribution in [3.8, 4) is 5.75 Å². The highest BCUT2D eigenvalue weighted by molar-refractivity contribution is 6.32. The molecule has 174 valence electrons. The zero-order valence-electron chi connectivity index (χ0n) is 19.1. The standard InChI is InChI=1S/C25H27N7O2/c1-34-21-7-4-18(5-8-21)15-31-16-20(13-29-31)32-17-23(26)22(25(32)33)14-27-19-6-9-24(28-12-19)30-10-2-3-11-30/h4-9,12-14,16,26-27H,2-3,10-11,15,17H2,1H3/b22-14+,26-23?. The molecule has 1 amide bonds. The number of pyridine rings is 1. The first-order valence-electron chi connectivity index (χ1n) is 11.3. The number of aromatic nitrogens is 3. The second-order valence-corrected chi connectivity index (χ2v) is 8.42. The van der Waals surface area contributed by atoms with Crippen molar-refractivity contribution in [3.63, 3.8) is 0 Å². The summed E-state index contributed by atoms with van der Waals surface area (Å²) in [7, 11) is 1.64. The van der Waals surface area contributed by atoms with E-state index in [0.717, 1.165) is 35.9 Å². The van der Waals surface area contributed by atoms with E-state index in [-0.39, 0.29) is 18.2 Å². The zero-order chi connectivity index (χ0) is 23.5. The molecule has 1 aromatic carbocycles. The highest BCUT2D eigenvalue weighted by Crippen LogP contribution is 2.24. The predicted molar refractivity (Wildman–Crippen MR) is 132 cm³/mol. The molecule has 2 aromatic heterocycles. The first kappa shape index (κ1) is 21.7. The summed E-state index contributed by atoms with van der Waals surface area (Å²) in [5.41, 5.74) is 3.13. The molecule has 4 heterocycles. The molecule has 34 heavy (non-hydrogen) atoms. The van der Waals surface area contributed by atoms with E-state index in [1.54, 1.807) is 35.3 Å². The third-order valence-corrected chi connectivity index (χ3v) is 6.11. The van der Waals surface area contributed by atoms with Gasteiger partial charge in [-0.05, 0) is 42.7 Å². The Kier molecular flexibility index (Phi) is 5.99. The molecule has 9 heteroatoms. The van der Waals surface area contributed by atoms with Crippen molar-refractivity contribution in [1.82, 2.24) is 14.8 Å². The molecule has 0 bridgehead atoms. The fourth-order valence-electron chi connectivity index (χ4n) is 4.20. The molecule has 2 aliphatic heterocycles. The number of carbonyl (C=O) groups is 1. The molecule has 3 aromatic rings. The topological polar surface area (TPSA) is 99.4 Å². The van der Waals surface area contributed by atoms with Crippen LogP contribution in [-0.2, 0) is 11.3 Å². The monoisotopic (exact) mass is 457 g/mol. The second-order valence-electron chi connectivity index (χ2n) is 8.42. The SMILES string of the molecule is COc1ccc(Cn2cc(N3CC(=N)/C(=C\Nc4ccc(N5CCCC5)nc4)C3=O)cn2)cc1. The van der Waals surface area contributed by atoms with Gasteiger partial charge in [-0.15, -0.1) is 0 Å². The van der Waals surface area contributed by atoms with Gasteiger partial charge in [0.15, 0.2) is 0 Å². The molecular weight excluding hydrogens is 430 g/mol. The van der Waals surface area contributed by atoms with Gasteiger partial charge in [-0.1, -0.05) is 12.1 Å². The fourth-order valence-corrected chi connectivity index (χ4v) is 4.20. The lowest BCUT2D eigenvalue weighted by atomic mass is 10.2. The summed E-state index contributed by atoms with van der Waals surface area (Å²) >= 11 is 0. The highest BCUT2D eigenvalue weighted by Gasteiger charge is 2.32.